The van der Waals surface area contributed by atoms with Crippen LogP contribution >= 0.6 is 0 Å². The summed E-state index contributed by atoms with van der Waals surface area (Å²) in [5, 5.41) is 7.12. The van der Waals surface area contributed by atoms with Crippen LogP contribution in [0.3, 0.4) is 0 Å². The van der Waals surface area contributed by atoms with E-state index in [2.05, 4.69) is 39.9 Å². The molecule has 4 aromatic rings. The second-order valence-corrected chi connectivity index (χ2v) is 8.00. The minimum absolute atomic E-state index is 0.0190. The minimum atomic E-state index is -0.272. The highest BCUT2D eigenvalue weighted by atomic mass is 16.2. The predicted molar refractivity (Wildman–Crippen MR) is 128 cm³/mol. The molecule has 0 bridgehead atoms. The first-order valence-corrected chi connectivity index (χ1v) is 10.9. The van der Waals surface area contributed by atoms with Gasteiger partial charge in [0.05, 0.1) is 0 Å². The highest BCUT2D eigenvalue weighted by molar-refractivity contribution is 5.94. The van der Waals surface area contributed by atoms with Crippen molar-refractivity contribution in [2.75, 3.05) is 6.54 Å². The summed E-state index contributed by atoms with van der Waals surface area (Å²) in [4.78, 5) is 28.3. The molecule has 5 nitrogen and oxygen atoms in total. The molecule has 4 rings (SSSR count). The lowest BCUT2D eigenvalue weighted by Gasteiger charge is -2.19. The number of carbonyl (C=O) groups excluding carboxylic acids is 2. The van der Waals surface area contributed by atoms with E-state index < -0.39 is 0 Å². The molecule has 0 fully saturated rings. The second kappa shape index (κ2) is 9.96. The molecule has 1 aromatic heterocycles. The van der Waals surface area contributed by atoms with Crippen LogP contribution in [0, 0.1) is 0 Å². The van der Waals surface area contributed by atoms with Crippen LogP contribution in [0.25, 0.3) is 10.9 Å². The van der Waals surface area contributed by atoms with Gasteiger partial charge in [0.25, 0.3) is 5.91 Å². The van der Waals surface area contributed by atoms with Crippen LogP contribution in [0.1, 0.15) is 40.7 Å². The normalized spacial score (nSPS) is 12.8. The zero-order valence-corrected chi connectivity index (χ0v) is 18.0. The Kier molecular flexibility index (Phi) is 6.66. The Morgan fingerprint density at radius 3 is 2.28 bits per heavy atom. The number of amides is 2. The van der Waals surface area contributed by atoms with E-state index in [1.165, 1.54) is 0 Å². The summed E-state index contributed by atoms with van der Waals surface area (Å²) in [6.07, 6.45) is 2.24. The van der Waals surface area contributed by atoms with Gasteiger partial charge in [0, 0.05) is 47.6 Å². The molecular formula is C27H27N3O2. The third-order valence-corrected chi connectivity index (χ3v) is 5.61. The van der Waals surface area contributed by atoms with Gasteiger partial charge in [0.2, 0.25) is 5.91 Å². The van der Waals surface area contributed by atoms with E-state index in [9.17, 15) is 9.59 Å². The summed E-state index contributed by atoms with van der Waals surface area (Å²) >= 11 is 0. The summed E-state index contributed by atoms with van der Waals surface area (Å²) in [6, 6.07) is 27.1. The average Bonchev–Trinajstić information content (AvgIpc) is 3.24. The molecule has 0 aliphatic carbocycles. The summed E-state index contributed by atoms with van der Waals surface area (Å²) in [6.45, 7) is 2.32. The van der Waals surface area contributed by atoms with Gasteiger partial charge in [-0.25, -0.2) is 0 Å². The lowest BCUT2D eigenvalue weighted by Crippen LogP contribution is -2.38. The smallest absolute Gasteiger partial charge is 0.251 e. The number of nitrogens with one attached hydrogen (secondary N) is 3. The number of carbonyl (C=O) groups is 2. The van der Waals surface area contributed by atoms with Crippen LogP contribution in [0.2, 0.25) is 0 Å². The number of fused-ring (bicyclic) bond motifs is 1. The van der Waals surface area contributed by atoms with E-state index in [0.29, 0.717) is 12.1 Å². The van der Waals surface area contributed by atoms with E-state index in [1.807, 2.05) is 61.7 Å². The fourth-order valence-corrected chi connectivity index (χ4v) is 3.99. The molecule has 162 valence electrons. The van der Waals surface area contributed by atoms with Crippen molar-refractivity contribution < 1.29 is 9.59 Å². The van der Waals surface area contributed by atoms with Gasteiger partial charge in [-0.15, -0.1) is 0 Å². The lowest BCUT2D eigenvalue weighted by atomic mass is 9.91. The average molecular weight is 426 g/mol. The summed E-state index contributed by atoms with van der Waals surface area (Å²) in [5.74, 6) is -0.246. The van der Waals surface area contributed by atoms with Gasteiger partial charge in [0.1, 0.15) is 0 Å². The number of hydrogen-bond donors (Lipinski definition) is 3. The van der Waals surface area contributed by atoms with Gasteiger partial charge in [-0.05, 0) is 36.2 Å². The maximum atomic E-state index is 12.7. The standard InChI is InChI=1S/C27H27N3O2/c1-19(30-27(32)21-12-6-3-7-13-21)16-26(31)29-17-23(20-10-4-2-5-11-20)24-18-28-25-15-9-8-14-22(24)25/h2-15,18-19,23,28H,16-17H2,1H3,(H,29,31)(H,30,32). The number of hydrogen-bond acceptors (Lipinski definition) is 2. The first-order valence-electron chi connectivity index (χ1n) is 10.9. The van der Waals surface area contributed by atoms with Crippen molar-refractivity contribution in [1.29, 1.82) is 0 Å². The fourth-order valence-electron chi connectivity index (χ4n) is 3.99. The highest BCUT2D eigenvalue weighted by Gasteiger charge is 2.20. The molecule has 1 heterocycles. The zero-order chi connectivity index (χ0) is 22.3. The van der Waals surface area contributed by atoms with Crippen molar-refractivity contribution in [3.63, 3.8) is 0 Å². The molecule has 2 atom stereocenters. The van der Waals surface area contributed by atoms with Gasteiger partial charge in [0.15, 0.2) is 0 Å². The van der Waals surface area contributed by atoms with Gasteiger partial charge < -0.3 is 15.6 Å². The van der Waals surface area contributed by atoms with Gasteiger partial charge in [-0.3, -0.25) is 9.59 Å². The maximum Gasteiger partial charge on any atom is 0.251 e. The van der Waals surface area contributed by atoms with Crippen LogP contribution in [0.5, 0.6) is 0 Å². The molecule has 0 radical (unpaired) electrons. The summed E-state index contributed by atoms with van der Waals surface area (Å²) in [5.41, 5.74) is 3.95. The van der Waals surface area contributed by atoms with Crippen LogP contribution < -0.4 is 10.6 Å². The molecular weight excluding hydrogens is 398 g/mol. The van der Waals surface area contributed by atoms with Crippen LogP contribution in [-0.4, -0.2) is 29.4 Å². The second-order valence-electron chi connectivity index (χ2n) is 8.00. The number of para-hydroxylation sites is 1. The van der Waals surface area contributed by atoms with E-state index >= 15 is 0 Å². The van der Waals surface area contributed by atoms with Gasteiger partial charge in [-0.2, -0.15) is 0 Å². The SMILES string of the molecule is CC(CC(=O)NCC(c1ccccc1)c1c[nH]c2ccccc12)NC(=O)c1ccccc1. The van der Waals surface area contributed by atoms with Gasteiger partial charge in [-0.1, -0.05) is 66.7 Å². The van der Waals surface area contributed by atoms with Crippen molar-refractivity contribution >= 4 is 22.7 Å². The quantitative estimate of drug-likeness (QED) is 0.385. The van der Waals surface area contributed by atoms with Crippen LogP contribution in [0.15, 0.2) is 91.1 Å². The molecule has 0 aliphatic rings. The first-order chi connectivity index (χ1) is 15.6. The molecule has 3 N–H and O–H groups in total. The van der Waals surface area contributed by atoms with Crippen molar-refractivity contribution in [2.45, 2.75) is 25.3 Å². The number of rotatable bonds is 8. The maximum absolute atomic E-state index is 12.7. The molecule has 2 unspecified atom stereocenters. The number of aromatic amines is 1. The van der Waals surface area contributed by atoms with Gasteiger partial charge >= 0.3 is 0 Å². The Labute approximate surface area is 187 Å². The molecule has 0 saturated heterocycles. The Hall–Kier alpha value is -3.86. The lowest BCUT2D eigenvalue weighted by molar-refractivity contribution is -0.121. The predicted octanol–water partition coefficient (Wildman–Crippen LogP) is 4.62. The van der Waals surface area contributed by atoms with Crippen molar-refractivity contribution in [2.24, 2.45) is 0 Å². The van der Waals surface area contributed by atoms with Crippen molar-refractivity contribution in [1.82, 2.24) is 15.6 Å². The third kappa shape index (κ3) is 5.06. The molecule has 0 saturated carbocycles. The summed E-state index contributed by atoms with van der Waals surface area (Å²) in [7, 11) is 0. The molecule has 5 heteroatoms. The number of benzene rings is 3. The topological polar surface area (TPSA) is 74.0 Å². The Balaban J connectivity index is 1.42. The van der Waals surface area contributed by atoms with E-state index in [0.717, 1.165) is 22.0 Å². The van der Waals surface area contributed by atoms with E-state index in [1.54, 1.807) is 12.1 Å². The zero-order valence-electron chi connectivity index (χ0n) is 18.0. The molecule has 0 aliphatic heterocycles. The monoisotopic (exact) mass is 425 g/mol. The van der Waals surface area contributed by atoms with Crippen LogP contribution in [-0.2, 0) is 4.79 Å². The third-order valence-electron chi connectivity index (χ3n) is 5.61. The van der Waals surface area contributed by atoms with E-state index in [-0.39, 0.29) is 30.2 Å². The summed E-state index contributed by atoms with van der Waals surface area (Å²) < 4.78 is 0. The number of H-pyrrole nitrogens is 1. The Morgan fingerprint density at radius 1 is 0.875 bits per heavy atom. The fraction of sp³-hybridized carbons (Fsp3) is 0.185. The van der Waals surface area contributed by atoms with Crippen molar-refractivity contribution in [3.8, 4) is 0 Å². The molecule has 3 aromatic carbocycles. The van der Waals surface area contributed by atoms with Crippen molar-refractivity contribution in [3.05, 3.63) is 108 Å². The highest BCUT2D eigenvalue weighted by Crippen LogP contribution is 2.30. The molecule has 32 heavy (non-hydrogen) atoms. The minimum Gasteiger partial charge on any atom is -0.361 e. The van der Waals surface area contributed by atoms with Crippen LogP contribution in [0.4, 0.5) is 0 Å². The largest absolute Gasteiger partial charge is 0.361 e. The first kappa shape index (κ1) is 21.4. The molecule has 2 amide bonds. The molecule has 0 spiro atoms. The Morgan fingerprint density at radius 2 is 1.53 bits per heavy atom. The number of aromatic nitrogens is 1. The van der Waals surface area contributed by atoms with E-state index in [4.69, 9.17) is 0 Å². The Bertz CT molecular complexity index is 1190.